The zero-order valence-corrected chi connectivity index (χ0v) is 7.19. The van der Waals surface area contributed by atoms with E-state index < -0.39 is 0 Å². The van der Waals surface area contributed by atoms with Crippen molar-refractivity contribution in [2.75, 3.05) is 0 Å². The Morgan fingerprint density at radius 3 is 2.85 bits per heavy atom. The SMILES string of the molecule is Cc1cc(=NO)c2ccccc2o1. The molecular formula is C10H9NO2. The summed E-state index contributed by atoms with van der Waals surface area (Å²) in [5.41, 5.74) is 0.732. The molecule has 0 unspecified atom stereocenters. The van der Waals surface area contributed by atoms with Crippen LogP contribution in [0, 0.1) is 6.92 Å². The molecule has 2 rings (SSSR count). The zero-order chi connectivity index (χ0) is 9.26. The Hall–Kier alpha value is -1.77. The van der Waals surface area contributed by atoms with Crippen molar-refractivity contribution < 1.29 is 9.62 Å². The van der Waals surface area contributed by atoms with Crippen molar-refractivity contribution in [3.63, 3.8) is 0 Å². The smallest absolute Gasteiger partial charge is 0.136 e. The fourth-order valence-electron chi connectivity index (χ4n) is 1.32. The fourth-order valence-corrected chi connectivity index (χ4v) is 1.32. The van der Waals surface area contributed by atoms with E-state index in [1.165, 1.54) is 0 Å². The van der Waals surface area contributed by atoms with Gasteiger partial charge in [-0.15, -0.1) is 0 Å². The molecule has 1 N–H and O–H groups in total. The fraction of sp³-hybridized carbons (Fsp3) is 0.100. The van der Waals surface area contributed by atoms with E-state index in [1.807, 2.05) is 31.2 Å². The number of hydrogen-bond donors (Lipinski definition) is 1. The van der Waals surface area contributed by atoms with Crippen LogP contribution in [-0.2, 0) is 0 Å². The first-order valence-corrected chi connectivity index (χ1v) is 3.99. The minimum atomic E-state index is 0.541. The van der Waals surface area contributed by atoms with Gasteiger partial charge in [0.05, 0.1) is 0 Å². The molecule has 2 aromatic rings. The highest BCUT2D eigenvalue weighted by Crippen LogP contribution is 2.10. The van der Waals surface area contributed by atoms with Gasteiger partial charge in [0.15, 0.2) is 0 Å². The zero-order valence-electron chi connectivity index (χ0n) is 7.19. The van der Waals surface area contributed by atoms with E-state index in [0.29, 0.717) is 5.36 Å². The predicted octanol–water partition coefficient (Wildman–Crippen LogP) is 2.03. The molecular weight excluding hydrogens is 166 g/mol. The lowest BCUT2D eigenvalue weighted by atomic mass is 10.2. The Morgan fingerprint density at radius 1 is 1.31 bits per heavy atom. The van der Waals surface area contributed by atoms with Gasteiger partial charge in [0.2, 0.25) is 0 Å². The Balaban J connectivity index is 2.99. The molecule has 0 bridgehead atoms. The minimum Gasteiger partial charge on any atom is -0.461 e. The first-order chi connectivity index (χ1) is 6.31. The highest BCUT2D eigenvalue weighted by atomic mass is 16.4. The average molecular weight is 175 g/mol. The second-order valence-electron chi connectivity index (χ2n) is 2.84. The van der Waals surface area contributed by atoms with Crippen molar-refractivity contribution in [3.8, 4) is 0 Å². The number of fused-ring (bicyclic) bond motifs is 1. The summed E-state index contributed by atoms with van der Waals surface area (Å²) in [6.45, 7) is 1.82. The molecule has 0 atom stereocenters. The van der Waals surface area contributed by atoms with Crippen LogP contribution >= 0.6 is 0 Å². The highest BCUT2D eigenvalue weighted by Gasteiger charge is 1.98. The molecule has 0 saturated carbocycles. The van der Waals surface area contributed by atoms with Crippen LogP contribution in [0.2, 0.25) is 0 Å². The van der Waals surface area contributed by atoms with E-state index in [2.05, 4.69) is 5.16 Å². The third-order valence-corrected chi connectivity index (χ3v) is 1.88. The van der Waals surface area contributed by atoms with Crippen LogP contribution in [0.15, 0.2) is 39.9 Å². The minimum absolute atomic E-state index is 0.541. The Bertz CT molecular complexity index is 499. The molecule has 0 amide bonds. The summed E-state index contributed by atoms with van der Waals surface area (Å²) in [5, 5.41) is 13.3. The van der Waals surface area contributed by atoms with Crippen LogP contribution < -0.4 is 5.36 Å². The molecule has 0 aliphatic heterocycles. The van der Waals surface area contributed by atoms with E-state index >= 15 is 0 Å². The molecule has 1 aromatic heterocycles. The summed E-state index contributed by atoms with van der Waals surface area (Å²) in [4.78, 5) is 0. The third-order valence-electron chi connectivity index (χ3n) is 1.88. The molecule has 13 heavy (non-hydrogen) atoms. The molecule has 0 fully saturated rings. The topological polar surface area (TPSA) is 45.7 Å². The lowest BCUT2D eigenvalue weighted by molar-refractivity contribution is 0.302. The predicted molar refractivity (Wildman–Crippen MR) is 48.3 cm³/mol. The Morgan fingerprint density at radius 2 is 2.08 bits per heavy atom. The van der Waals surface area contributed by atoms with Crippen LogP contribution in [0.25, 0.3) is 11.0 Å². The molecule has 66 valence electrons. The van der Waals surface area contributed by atoms with E-state index in [1.54, 1.807) is 6.07 Å². The number of rotatable bonds is 0. The molecule has 0 aliphatic rings. The second kappa shape index (κ2) is 2.94. The van der Waals surface area contributed by atoms with Crippen molar-refractivity contribution in [1.29, 1.82) is 0 Å². The number of nitrogens with zero attached hydrogens (tertiary/aromatic N) is 1. The molecule has 0 spiro atoms. The molecule has 3 nitrogen and oxygen atoms in total. The first kappa shape index (κ1) is 7.86. The summed E-state index contributed by atoms with van der Waals surface area (Å²) in [6, 6.07) is 9.15. The van der Waals surface area contributed by atoms with Gasteiger partial charge in [-0.25, -0.2) is 0 Å². The van der Waals surface area contributed by atoms with Crippen molar-refractivity contribution in [3.05, 3.63) is 41.4 Å². The monoisotopic (exact) mass is 175 g/mol. The summed E-state index contributed by atoms with van der Waals surface area (Å²) in [5.74, 6) is 0.728. The van der Waals surface area contributed by atoms with Gasteiger partial charge in [0, 0.05) is 11.5 Å². The summed E-state index contributed by atoms with van der Waals surface area (Å²) >= 11 is 0. The van der Waals surface area contributed by atoms with Gasteiger partial charge in [0.25, 0.3) is 0 Å². The highest BCUT2D eigenvalue weighted by molar-refractivity contribution is 5.75. The molecule has 0 radical (unpaired) electrons. The molecule has 1 heterocycles. The van der Waals surface area contributed by atoms with Crippen LogP contribution in [0.5, 0.6) is 0 Å². The van der Waals surface area contributed by atoms with Crippen LogP contribution in [0.4, 0.5) is 0 Å². The van der Waals surface area contributed by atoms with Crippen molar-refractivity contribution >= 4 is 11.0 Å². The number of hydrogen-bond acceptors (Lipinski definition) is 3. The van der Waals surface area contributed by atoms with Gasteiger partial charge in [-0.05, 0) is 19.1 Å². The molecule has 3 heteroatoms. The van der Waals surface area contributed by atoms with Gasteiger partial charge in [-0.2, -0.15) is 0 Å². The quantitative estimate of drug-likeness (QED) is 0.492. The Kier molecular flexibility index (Phi) is 1.77. The summed E-state index contributed by atoms with van der Waals surface area (Å²) < 4.78 is 5.43. The van der Waals surface area contributed by atoms with E-state index in [-0.39, 0.29) is 0 Å². The van der Waals surface area contributed by atoms with E-state index in [0.717, 1.165) is 16.7 Å². The lowest BCUT2D eigenvalue weighted by Gasteiger charge is -1.98. The Labute approximate surface area is 74.9 Å². The number of benzene rings is 1. The maximum Gasteiger partial charge on any atom is 0.136 e. The van der Waals surface area contributed by atoms with Crippen LogP contribution in [0.1, 0.15) is 5.76 Å². The molecule has 1 aromatic carbocycles. The first-order valence-electron chi connectivity index (χ1n) is 3.99. The van der Waals surface area contributed by atoms with Gasteiger partial charge < -0.3 is 9.62 Å². The summed E-state index contributed by atoms with van der Waals surface area (Å²) in [6.07, 6.45) is 0. The van der Waals surface area contributed by atoms with Crippen molar-refractivity contribution in [2.24, 2.45) is 5.16 Å². The van der Waals surface area contributed by atoms with Crippen molar-refractivity contribution in [1.82, 2.24) is 0 Å². The number of aryl methyl sites for hydroxylation is 1. The lowest BCUT2D eigenvalue weighted by Crippen LogP contribution is -2.02. The van der Waals surface area contributed by atoms with Gasteiger partial charge in [0.1, 0.15) is 16.7 Å². The van der Waals surface area contributed by atoms with Gasteiger partial charge in [-0.3, -0.25) is 0 Å². The van der Waals surface area contributed by atoms with Crippen LogP contribution in [-0.4, -0.2) is 5.21 Å². The normalized spacial score (nSPS) is 12.2. The standard InChI is InChI=1S/C10H9NO2/c1-7-6-9(11-12)8-4-2-3-5-10(8)13-7/h2-6,12H,1H3. The third kappa shape index (κ3) is 1.28. The van der Waals surface area contributed by atoms with E-state index in [9.17, 15) is 0 Å². The van der Waals surface area contributed by atoms with Gasteiger partial charge in [-0.1, -0.05) is 17.3 Å². The molecule has 0 aliphatic carbocycles. The van der Waals surface area contributed by atoms with E-state index in [4.69, 9.17) is 9.62 Å². The van der Waals surface area contributed by atoms with Crippen LogP contribution in [0.3, 0.4) is 0 Å². The van der Waals surface area contributed by atoms with Crippen molar-refractivity contribution in [2.45, 2.75) is 6.92 Å². The number of para-hydroxylation sites is 1. The average Bonchev–Trinajstić information content (AvgIpc) is 2.16. The molecule has 0 saturated heterocycles. The summed E-state index contributed by atoms with van der Waals surface area (Å²) in [7, 11) is 0. The second-order valence-corrected chi connectivity index (χ2v) is 2.84. The van der Waals surface area contributed by atoms with Gasteiger partial charge >= 0.3 is 0 Å². The maximum absolute atomic E-state index is 8.74. The largest absolute Gasteiger partial charge is 0.461 e. The maximum atomic E-state index is 8.74.